The molecule has 0 aliphatic heterocycles. The van der Waals surface area contributed by atoms with E-state index in [0.29, 0.717) is 23.8 Å². The van der Waals surface area contributed by atoms with E-state index in [1.54, 1.807) is 12.1 Å². The number of hydrogen-bond acceptors (Lipinski definition) is 5. The topological polar surface area (TPSA) is 68.0 Å². The Labute approximate surface area is 168 Å². The first-order valence-electron chi connectivity index (χ1n) is 8.31. The Morgan fingerprint density at radius 2 is 2.04 bits per heavy atom. The van der Waals surface area contributed by atoms with E-state index in [0.717, 1.165) is 16.5 Å². The normalized spacial score (nSPS) is 10.8. The number of carbonyl (C=O) groups excluding carboxylic acids is 1. The molecule has 140 valence electrons. The number of benzene rings is 2. The molecule has 0 fully saturated rings. The molecule has 1 amide bonds. The predicted molar refractivity (Wildman–Crippen MR) is 106 cm³/mol. The van der Waals surface area contributed by atoms with Crippen LogP contribution in [0.3, 0.4) is 0 Å². The number of thiophene rings is 1. The fourth-order valence-corrected chi connectivity index (χ4v) is 3.56. The molecule has 0 unspecified atom stereocenters. The van der Waals surface area contributed by atoms with Crippen LogP contribution in [0.1, 0.15) is 21.8 Å². The maximum absolute atomic E-state index is 13.2. The number of carbonyl (C=O) groups is 1. The Kier molecular flexibility index (Phi) is 5.18. The zero-order valence-electron chi connectivity index (χ0n) is 14.4. The van der Waals surface area contributed by atoms with E-state index in [-0.39, 0.29) is 10.6 Å². The summed E-state index contributed by atoms with van der Waals surface area (Å²) in [4.78, 5) is 17.9. The van der Waals surface area contributed by atoms with Gasteiger partial charge in [0.2, 0.25) is 11.7 Å². The first kappa shape index (κ1) is 18.3. The maximum atomic E-state index is 13.2. The van der Waals surface area contributed by atoms with Gasteiger partial charge in [0.15, 0.2) is 0 Å². The van der Waals surface area contributed by atoms with Crippen LogP contribution in [0.5, 0.6) is 0 Å². The zero-order valence-corrected chi connectivity index (χ0v) is 15.9. The van der Waals surface area contributed by atoms with Crippen molar-refractivity contribution in [2.45, 2.75) is 6.42 Å². The number of halogens is 2. The van der Waals surface area contributed by atoms with Crippen molar-refractivity contribution in [3.05, 3.63) is 87.8 Å². The molecule has 2 heterocycles. The number of hydrogen-bond donors (Lipinski definition) is 1. The standard InChI is InChI=1S/C20H13ClFN3O2S/c21-15-11-13(22)7-8-14(15)20(26)23-16-5-2-1-4-12(16)10-18-24-19(25-27-18)17-6-3-9-28-17/h1-9,11H,10H2,(H,23,26). The van der Waals surface area contributed by atoms with Crippen LogP contribution in [0.4, 0.5) is 10.1 Å². The number of nitrogens with zero attached hydrogens (tertiary/aromatic N) is 2. The molecular formula is C20H13ClFN3O2S. The van der Waals surface area contributed by atoms with Crippen molar-refractivity contribution < 1.29 is 13.7 Å². The molecule has 0 atom stereocenters. The van der Waals surface area contributed by atoms with Crippen molar-refractivity contribution in [1.29, 1.82) is 0 Å². The Morgan fingerprint density at radius 3 is 2.82 bits per heavy atom. The van der Waals surface area contributed by atoms with Crippen LogP contribution in [0.25, 0.3) is 10.7 Å². The summed E-state index contributed by atoms with van der Waals surface area (Å²) < 4.78 is 18.5. The van der Waals surface area contributed by atoms with Gasteiger partial charge in [0.1, 0.15) is 5.82 Å². The number of anilines is 1. The summed E-state index contributed by atoms with van der Waals surface area (Å²) in [5.74, 6) is 0.0386. The summed E-state index contributed by atoms with van der Waals surface area (Å²) >= 11 is 7.50. The lowest BCUT2D eigenvalue weighted by Crippen LogP contribution is -2.14. The molecule has 2 aromatic carbocycles. The molecule has 4 aromatic rings. The molecule has 0 saturated carbocycles. The van der Waals surface area contributed by atoms with Crippen LogP contribution >= 0.6 is 22.9 Å². The number of para-hydroxylation sites is 1. The third kappa shape index (κ3) is 3.95. The van der Waals surface area contributed by atoms with Crippen molar-refractivity contribution in [3.63, 3.8) is 0 Å². The van der Waals surface area contributed by atoms with Gasteiger partial charge < -0.3 is 9.84 Å². The van der Waals surface area contributed by atoms with E-state index in [1.807, 2.05) is 29.6 Å². The van der Waals surface area contributed by atoms with Crippen molar-refractivity contribution in [3.8, 4) is 10.7 Å². The second kappa shape index (κ2) is 7.92. The summed E-state index contributed by atoms with van der Waals surface area (Å²) in [7, 11) is 0. The van der Waals surface area contributed by atoms with Gasteiger partial charge in [-0.25, -0.2) is 4.39 Å². The van der Waals surface area contributed by atoms with Gasteiger partial charge in [-0.15, -0.1) is 11.3 Å². The van der Waals surface area contributed by atoms with Crippen LogP contribution in [-0.2, 0) is 6.42 Å². The third-order valence-corrected chi connectivity index (χ3v) is 5.17. The maximum Gasteiger partial charge on any atom is 0.257 e. The molecule has 0 bridgehead atoms. The highest BCUT2D eigenvalue weighted by Crippen LogP contribution is 2.25. The fourth-order valence-electron chi connectivity index (χ4n) is 2.66. The summed E-state index contributed by atoms with van der Waals surface area (Å²) in [6.07, 6.45) is 0.353. The quantitative estimate of drug-likeness (QED) is 0.473. The van der Waals surface area contributed by atoms with Gasteiger partial charge >= 0.3 is 0 Å². The highest BCUT2D eigenvalue weighted by molar-refractivity contribution is 7.13. The van der Waals surface area contributed by atoms with Crippen molar-refractivity contribution in [1.82, 2.24) is 10.1 Å². The Bertz CT molecular complexity index is 1130. The Balaban J connectivity index is 1.55. The summed E-state index contributed by atoms with van der Waals surface area (Å²) in [5.41, 5.74) is 1.58. The second-order valence-electron chi connectivity index (χ2n) is 5.90. The lowest BCUT2D eigenvalue weighted by atomic mass is 10.1. The second-order valence-corrected chi connectivity index (χ2v) is 7.26. The molecule has 0 aliphatic rings. The lowest BCUT2D eigenvalue weighted by Gasteiger charge is -2.10. The molecule has 1 N–H and O–H groups in total. The van der Waals surface area contributed by atoms with E-state index < -0.39 is 11.7 Å². The summed E-state index contributed by atoms with van der Waals surface area (Å²) in [5, 5.41) is 8.79. The predicted octanol–water partition coefficient (Wildman–Crippen LogP) is 5.43. The third-order valence-electron chi connectivity index (χ3n) is 3.99. The minimum absolute atomic E-state index is 0.0486. The van der Waals surface area contributed by atoms with Gasteiger partial charge in [0, 0.05) is 5.69 Å². The van der Waals surface area contributed by atoms with E-state index in [1.165, 1.54) is 23.5 Å². The molecular weight excluding hydrogens is 401 g/mol. The molecule has 4 rings (SSSR count). The largest absolute Gasteiger partial charge is 0.339 e. The number of nitrogens with one attached hydrogen (secondary N) is 1. The minimum Gasteiger partial charge on any atom is -0.339 e. The minimum atomic E-state index is -0.500. The van der Waals surface area contributed by atoms with E-state index in [4.69, 9.17) is 16.1 Å². The van der Waals surface area contributed by atoms with Crippen LogP contribution < -0.4 is 5.32 Å². The van der Waals surface area contributed by atoms with Crippen LogP contribution in [0.2, 0.25) is 5.02 Å². The molecule has 5 nitrogen and oxygen atoms in total. The Hall–Kier alpha value is -3.03. The zero-order chi connectivity index (χ0) is 19.5. The number of aromatic nitrogens is 2. The molecule has 0 saturated heterocycles. The molecule has 8 heteroatoms. The monoisotopic (exact) mass is 413 g/mol. The van der Waals surface area contributed by atoms with Crippen molar-refractivity contribution >= 4 is 34.5 Å². The Morgan fingerprint density at radius 1 is 1.18 bits per heavy atom. The SMILES string of the molecule is O=C(Nc1ccccc1Cc1nc(-c2cccs2)no1)c1ccc(F)cc1Cl. The summed E-state index contributed by atoms with van der Waals surface area (Å²) in [6.45, 7) is 0. The van der Waals surface area contributed by atoms with Crippen molar-refractivity contribution in [2.75, 3.05) is 5.32 Å². The van der Waals surface area contributed by atoms with Gasteiger partial charge in [0.25, 0.3) is 5.91 Å². The number of rotatable bonds is 5. The molecule has 0 spiro atoms. The highest BCUT2D eigenvalue weighted by Gasteiger charge is 2.15. The van der Waals surface area contributed by atoms with Crippen LogP contribution in [0, 0.1) is 5.82 Å². The fraction of sp³-hybridized carbons (Fsp3) is 0.0500. The first-order valence-corrected chi connectivity index (χ1v) is 9.56. The highest BCUT2D eigenvalue weighted by atomic mass is 35.5. The van der Waals surface area contributed by atoms with Gasteiger partial charge in [-0.2, -0.15) is 4.98 Å². The van der Waals surface area contributed by atoms with Gasteiger partial charge in [0.05, 0.1) is 21.9 Å². The van der Waals surface area contributed by atoms with E-state index in [2.05, 4.69) is 15.5 Å². The average molecular weight is 414 g/mol. The first-order chi connectivity index (χ1) is 13.6. The molecule has 28 heavy (non-hydrogen) atoms. The smallest absolute Gasteiger partial charge is 0.257 e. The van der Waals surface area contributed by atoms with E-state index >= 15 is 0 Å². The van der Waals surface area contributed by atoms with Gasteiger partial charge in [-0.05, 0) is 41.3 Å². The van der Waals surface area contributed by atoms with E-state index in [9.17, 15) is 9.18 Å². The van der Waals surface area contributed by atoms with Crippen LogP contribution in [0.15, 0.2) is 64.5 Å². The van der Waals surface area contributed by atoms with Gasteiger partial charge in [-0.3, -0.25) is 4.79 Å². The molecule has 2 aromatic heterocycles. The lowest BCUT2D eigenvalue weighted by molar-refractivity contribution is 0.102. The summed E-state index contributed by atoms with van der Waals surface area (Å²) in [6, 6.07) is 14.8. The molecule has 0 radical (unpaired) electrons. The number of amides is 1. The van der Waals surface area contributed by atoms with Gasteiger partial charge in [-0.1, -0.05) is 41.0 Å². The molecule has 0 aliphatic carbocycles. The average Bonchev–Trinajstić information content (AvgIpc) is 3.35. The van der Waals surface area contributed by atoms with Crippen molar-refractivity contribution in [2.24, 2.45) is 0 Å². The van der Waals surface area contributed by atoms with Crippen LogP contribution in [-0.4, -0.2) is 16.0 Å².